The van der Waals surface area contributed by atoms with Gasteiger partial charge in [0.05, 0.1) is 12.7 Å². The average Bonchev–Trinajstić information content (AvgIpc) is 3.52. The molecule has 6 fully saturated rings. The molecule has 1 aliphatic heterocycles. The average molecular weight is 587 g/mol. The summed E-state index contributed by atoms with van der Waals surface area (Å²) in [4.78, 5) is 0. The Balaban J connectivity index is 1.16. The predicted octanol–water partition coefficient (Wildman–Crippen LogP) is 5.75. The van der Waals surface area contributed by atoms with E-state index in [4.69, 9.17) is 9.47 Å². The third-order valence-corrected chi connectivity index (χ3v) is 15.9. The second-order valence-corrected chi connectivity index (χ2v) is 18.3. The Morgan fingerprint density at radius 2 is 1.64 bits per heavy atom. The fraction of sp³-hybridized carbons (Fsp3) is 0.944. The maximum absolute atomic E-state index is 10.7. The first-order chi connectivity index (χ1) is 19.5. The summed E-state index contributed by atoms with van der Waals surface area (Å²) in [7, 11) is 0. The molecular weight excluding hydrogens is 528 g/mol. The van der Waals surface area contributed by atoms with E-state index in [1.165, 1.54) is 57.8 Å². The molecule has 0 unspecified atom stereocenters. The SMILES string of the molecule is CC1(C)CC[C@]2(C)CC[C@]3(C)C(=CC[C@@]45C[C@@]46CC[C@H](O[C@@H]4O[C@H]([C@H](O)CO)[C@H](O)[C@H]4O)C(C)(C)[C@@H]6CC[C@]53C)[C@@H]2C1. The van der Waals surface area contributed by atoms with E-state index in [1.54, 1.807) is 0 Å². The van der Waals surface area contributed by atoms with Crippen molar-refractivity contribution in [2.75, 3.05) is 6.61 Å². The standard InChI is InChI=1S/C36H58O6/c1-30(2)14-15-32(5)16-17-33(6)21(22(32)18-30)8-13-36-20-35(36)12-10-25(31(3,4)24(35)9-11-34(33,36)7)41-29-27(40)26(39)28(42-29)23(38)19-37/h8,22-29,37-40H,9-20H2,1-7H3/t22-,23+,24-,25-,26+,27+,28+,29+,32+,33+,34-,35+,36-/m0/s1. The van der Waals surface area contributed by atoms with Crippen LogP contribution in [0.15, 0.2) is 11.6 Å². The monoisotopic (exact) mass is 586 g/mol. The smallest absolute Gasteiger partial charge is 0.187 e. The molecule has 13 atom stereocenters. The van der Waals surface area contributed by atoms with Crippen molar-refractivity contribution in [2.24, 2.45) is 49.7 Å². The van der Waals surface area contributed by atoms with Crippen molar-refractivity contribution in [3.05, 3.63) is 11.6 Å². The van der Waals surface area contributed by atoms with Crippen molar-refractivity contribution in [1.82, 2.24) is 0 Å². The van der Waals surface area contributed by atoms with Crippen molar-refractivity contribution >= 4 is 0 Å². The van der Waals surface area contributed by atoms with Crippen molar-refractivity contribution in [2.45, 2.75) is 156 Å². The van der Waals surface area contributed by atoms with E-state index >= 15 is 0 Å². The number of aliphatic hydroxyl groups excluding tert-OH is 4. The number of hydrogen-bond donors (Lipinski definition) is 4. The zero-order chi connectivity index (χ0) is 30.3. The lowest BCUT2D eigenvalue weighted by atomic mass is 9.36. The molecule has 0 bridgehead atoms. The normalized spacial score (nSPS) is 56.2. The highest BCUT2D eigenvalue weighted by Gasteiger charge is 2.84. The minimum absolute atomic E-state index is 0.0999. The third-order valence-electron chi connectivity index (χ3n) is 15.9. The number of hydrogen-bond acceptors (Lipinski definition) is 6. The fourth-order valence-electron chi connectivity index (χ4n) is 12.9. The van der Waals surface area contributed by atoms with E-state index < -0.39 is 37.3 Å². The van der Waals surface area contributed by atoms with Crippen LogP contribution >= 0.6 is 0 Å². The summed E-state index contributed by atoms with van der Waals surface area (Å²) >= 11 is 0. The molecule has 0 radical (unpaired) electrons. The second kappa shape index (κ2) is 9.06. The maximum Gasteiger partial charge on any atom is 0.187 e. The van der Waals surface area contributed by atoms with Gasteiger partial charge in [0.2, 0.25) is 0 Å². The van der Waals surface area contributed by atoms with Crippen molar-refractivity contribution in [1.29, 1.82) is 0 Å². The summed E-state index contributed by atoms with van der Waals surface area (Å²) in [6, 6.07) is 0. The summed E-state index contributed by atoms with van der Waals surface area (Å²) < 4.78 is 12.3. The van der Waals surface area contributed by atoms with E-state index in [0.717, 1.165) is 18.8 Å². The minimum Gasteiger partial charge on any atom is -0.394 e. The minimum atomic E-state index is -1.28. The van der Waals surface area contributed by atoms with Crippen LogP contribution in [-0.4, -0.2) is 63.8 Å². The van der Waals surface area contributed by atoms with Gasteiger partial charge in [-0.15, -0.1) is 0 Å². The van der Waals surface area contributed by atoms with Crippen molar-refractivity contribution in [3.63, 3.8) is 0 Å². The molecule has 42 heavy (non-hydrogen) atoms. The third kappa shape index (κ3) is 3.60. The van der Waals surface area contributed by atoms with Crippen LogP contribution in [0.25, 0.3) is 0 Å². The van der Waals surface area contributed by atoms with Gasteiger partial charge in [-0.25, -0.2) is 0 Å². The van der Waals surface area contributed by atoms with E-state index in [2.05, 4.69) is 54.5 Å². The van der Waals surface area contributed by atoms with Crippen LogP contribution in [0.1, 0.15) is 119 Å². The molecule has 0 aromatic heterocycles. The molecule has 7 aliphatic rings. The van der Waals surface area contributed by atoms with Crippen LogP contribution in [0.4, 0.5) is 0 Å². The number of aliphatic hydroxyl groups is 4. The van der Waals surface area contributed by atoms with Gasteiger partial charge in [-0.3, -0.25) is 0 Å². The highest BCUT2D eigenvalue weighted by Crippen LogP contribution is 2.90. The zero-order valence-electron chi connectivity index (χ0n) is 27.3. The highest BCUT2D eigenvalue weighted by atomic mass is 16.7. The molecule has 0 amide bonds. The molecule has 238 valence electrons. The summed E-state index contributed by atoms with van der Waals surface area (Å²) in [6.45, 7) is 17.2. The molecule has 1 saturated heterocycles. The first-order valence-corrected chi connectivity index (χ1v) is 17.2. The van der Waals surface area contributed by atoms with Gasteiger partial charge in [0.1, 0.15) is 24.4 Å². The highest BCUT2D eigenvalue weighted by molar-refractivity contribution is 5.41. The van der Waals surface area contributed by atoms with Crippen LogP contribution < -0.4 is 0 Å². The van der Waals surface area contributed by atoms with Gasteiger partial charge in [0.15, 0.2) is 6.29 Å². The van der Waals surface area contributed by atoms with E-state index in [9.17, 15) is 20.4 Å². The van der Waals surface area contributed by atoms with Gasteiger partial charge < -0.3 is 29.9 Å². The van der Waals surface area contributed by atoms with Crippen LogP contribution in [-0.2, 0) is 9.47 Å². The van der Waals surface area contributed by atoms with Crippen LogP contribution in [0, 0.1) is 49.7 Å². The lowest BCUT2D eigenvalue weighted by molar-refractivity contribution is -0.247. The lowest BCUT2D eigenvalue weighted by Crippen LogP contribution is -2.61. The quantitative estimate of drug-likeness (QED) is 0.313. The van der Waals surface area contributed by atoms with E-state index in [-0.39, 0.29) is 16.9 Å². The van der Waals surface area contributed by atoms with Crippen LogP contribution in [0.5, 0.6) is 0 Å². The molecule has 0 aromatic rings. The Morgan fingerprint density at radius 3 is 2.36 bits per heavy atom. The second-order valence-electron chi connectivity index (χ2n) is 18.3. The number of fused-ring (bicyclic) bond motifs is 4. The molecule has 7 rings (SSSR count). The van der Waals surface area contributed by atoms with E-state index in [1.807, 2.05) is 5.57 Å². The topological polar surface area (TPSA) is 99.4 Å². The van der Waals surface area contributed by atoms with Crippen molar-refractivity contribution in [3.8, 4) is 0 Å². The first-order valence-electron chi connectivity index (χ1n) is 17.2. The Hall–Kier alpha value is -0.500. The summed E-state index contributed by atoms with van der Waals surface area (Å²) in [5.41, 5.74) is 3.91. The van der Waals surface area contributed by atoms with E-state index in [0.29, 0.717) is 33.0 Å². The number of rotatable bonds is 4. The first kappa shape index (κ1) is 30.2. The van der Waals surface area contributed by atoms with Crippen LogP contribution in [0.2, 0.25) is 0 Å². The van der Waals surface area contributed by atoms with Gasteiger partial charge >= 0.3 is 0 Å². The zero-order valence-corrected chi connectivity index (χ0v) is 27.3. The molecule has 2 spiro atoms. The molecule has 6 aliphatic carbocycles. The fourth-order valence-corrected chi connectivity index (χ4v) is 12.9. The molecule has 5 saturated carbocycles. The molecule has 0 aromatic carbocycles. The predicted molar refractivity (Wildman–Crippen MR) is 161 cm³/mol. The number of ether oxygens (including phenoxy) is 2. The molecule has 6 nitrogen and oxygen atoms in total. The molecule has 6 heteroatoms. The largest absolute Gasteiger partial charge is 0.394 e. The maximum atomic E-state index is 10.7. The Labute approximate surface area is 253 Å². The molecular formula is C36H58O6. The van der Waals surface area contributed by atoms with Gasteiger partial charge in [0, 0.05) is 0 Å². The van der Waals surface area contributed by atoms with Gasteiger partial charge in [0.25, 0.3) is 0 Å². The number of allylic oxidation sites excluding steroid dienone is 2. The Morgan fingerprint density at radius 1 is 0.929 bits per heavy atom. The van der Waals surface area contributed by atoms with Gasteiger partial charge in [-0.1, -0.05) is 60.1 Å². The van der Waals surface area contributed by atoms with Crippen LogP contribution in [0.3, 0.4) is 0 Å². The summed E-state index contributed by atoms with van der Waals surface area (Å²) in [6.07, 6.45) is 10.7. The van der Waals surface area contributed by atoms with Gasteiger partial charge in [-0.05, 0) is 120 Å². The van der Waals surface area contributed by atoms with Gasteiger partial charge in [-0.2, -0.15) is 0 Å². The molecule has 4 N–H and O–H groups in total. The van der Waals surface area contributed by atoms with Crippen molar-refractivity contribution < 1.29 is 29.9 Å². The summed E-state index contributed by atoms with van der Waals surface area (Å²) in [5.74, 6) is 1.27. The Bertz CT molecular complexity index is 1150. The molecule has 1 heterocycles. The summed E-state index contributed by atoms with van der Waals surface area (Å²) in [5, 5.41) is 40.7. The Kier molecular flexibility index (Phi) is 6.51. The lowest BCUT2D eigenvalue weighted by Gasteiger charge is -2.68.